The summed E-state index contributed by atoms with van der Waals surface area (Å²) >= 11 is 0. The highest BCUT2D eigenvalue weighted by Gasteiger charge is 2.27. The second-order valence-electron chi connectivity index (χ2n) is 6.38. The molecule has 0 atom stereocenters. The fourth-order valence-corrected chi connectivity index (χ4v) is 3.70. The lowest BCUT2D eigenvalue weighted by Crippen LogP contribution is -2.12. The second kappa shape index (κ2) is 6.22. The molecule has 1 aliphatic rings. The van der Waals surface area contributed by atoms with Crippen LogP contribution in [0.1, 0.15) is 16.7 Å². The van der Waals surface area contributed by atoms with Gasteiger partial charge in [-0.3, -0.25) is 0 Å². The van der Waals surface area contributed by atoms with Crippen LogP contribution in [-0.4, -0.2) is 22.3 Å². The van der Waals surface area contributed by atoms with Gasteiger partial charge in [0.2, 0.25) is 0 Å². The lowest BCUT2D eigenvalue weighted by atomic mass is 9.83. The van der Waals surface area contributed by atoms with E-state index in [0.717, 1.165) is 28.9 Å². The number of hydrogen-bond donors (Lipinski definition) is 3. The zero-order valence-electron chi connectivity index (χ0n) is 14.7. The van der Waals surface area contributed by atoms with Crippen LogP contribution in [0.3, 0.4) is 0 Å². The molecule has 27 heavy (non-hydrogen) atoms. The van der Waals surface area contributed by atoms with Crippen molar-refractivity contribution in [3.8, 4) is 45.7 Å². The van der Waals surface area contributed by atoms with Crippen molar-refractivity contribution in [2.75, 3.05) is 12.8 Å². The van der Waals surface area contributed by atoms with E-state index < -0.39 is 0 Å². The molecule has 6 heteroatoms. The van der Waals surface area contributed by atoms with Gasteiger partial charge in [-0.25, -0.2) is 4.98 Å². The minimum Gasteiger partial charge on any atom is -0.504 e. The third-order valence-electron chi connectivity index (χ3n) is 4.93. The number of methoxy groups -OCH3 is 1. The van der Waals surface area contributed by atoms with Gasteiger partial charge in [0.1, 0.15) is 23.2 Å². The Balaban J connectivity index is 2.05. The Labute approximate surface area is 156 Å². The maximum absolute atomic E-state index is 9.93. The molecule has 2 aromatic carbocycles. The van der Waals surface area contributed by atoms with E-state index in [0.29, 0.717) is 23.2 Å². The summed E-state index contributed by atoms with van der Waals surface area (Å²) in [6.07, 6.45) is 1.39. The van der Waals surface area contributed by atoms with Crippen LogP contribution in [0, 0.1) is 11.3 Å². The molecule has 0 spiro atoms. The Bertz CT molecular complexity index is 1120. The number of phenolic OH excluding ortho intramolecular Hbond substituents is 2. The minimum absolute atomic E-state index is 0.134. The lowest BCUT2D eigenvalue weighted by molar-refractivity contribution is 0.404. The molecule has 4 rings (SSSR count). The molecule has 1 aromatic heterocycles. The highest BCUT2D eigenvalue weighted by molar-refractivity contribution is 5.87. The van der Waals surface area contributed by atoms with Crippen molar-refractivity contribution in [3.05, 3.63) is 53.1 Å². The molecule has 134 valence electrons. The van der Waals surface area contributed by atoms with E-state index in [4.69, 9.17) is 10.5 Å². The summed E-state index contributed by atoms with van der Waals surface area (Å²) in [6, 6.07) is 12.4. The number of rotatable bonds is 2. The van der Waals surface area contributed by atoms with E-state index in [1.165, 1.54) is 12.1 Å². The number of ether oxygens (including phenoxy) is 1. The fourth-order valence-electron chi connectivity index (χ4n) is 3.70. The predicted octanol–water partition coefficient (Wildman–Crippen LogP) is 3.39. The number of nitriles is 1. The molecule has 1 heterocycles. The Morgan fingerprint density at radius 2 is 1.89 bits per heavy atom. The van der Waals surface area contributed by atoms with E-state index in [-0.39, 0.29) is 22.9 Å². The third kappa shape index (κ3) is 2.52. The van der Waals surface area contributed by atoms with Crippen molar-refractivity contribution in [3.63, 3.8) is 0 Å². The van der Waals surface area contributed by atoms with Crippen LogP contribution in [0.15, 0.2) is 36.4 Å². The predicted molar refractivity (Wildman–Crippen MR) is 102 cm³/mol. The van der Waals surface area contributed by atoms with Crippen molar-refractivity contribution >= 4 is 5.82 Å². The minimum atomic E-state index is -0.251. The molecule has 0 saturated heterocycles. The molecule has 0 bridgehead atoms. The van der Waals surface area contributed by atoms with Gasteiger partial charge in [-0.1, -0.05) is 18.2 Å². The number of anilines is 1. The highest BCUT2D eigenvalue weighted by atomic mass is 16.5. The van der Waals surface area contributed by atoms with Crippen molar-refractivity contribution in [2.24, 2.45) is 0 Å². The normalized spacial score (nSPS) is 12.0. The first-order chi connectivity index (χ1) is 13.0. The summed E-state index contributed by atoms with van der Waals surface area (Å²) in [7, 11) is 1.64. The molecule has 6 nitrogen and oxygen atoms in total. The molecule has 0 fully saturated rings. The van der Waals surface area contributed by atoms with Gasteiger partial charge in [0.15, 0.2) is 11.5 Å². The molecule has 0 amide bonds. The molecule has 0 radical (unpaired) electrons. The van der Waals surface area contributed by atoms with E-state index in [2.05, 4.69) is 11.1 Å². The standard InChI is InChI=1S/C21H17N3O3/c1-27-18-4-2-3-13-12(18)6-7-14-19(11-5-8-16(25)17(26)9-11)15(10-22)21(23)24-20(13)14/h2-5,8-9,25-26H,6-7H2,1H3,(H2,23,24). The summed E-state index contributed by atoms with van der Waals surface area (Å²) in [6.45, 7) is 0. The Morgan fingerprint density at radius 1 is 1.11 bits per heavy atom. The number of nitrogens with two attached hydrogens (primary N) is 1. The van der Waals surface area contributed by atoms with Crippen molar-refractivity contribution in [1.82, 2.24) is 4.98 Å². The molecule has 0 saturated carbocycles. The van der Waals surface area contributed by atoms with Crippen molar-refractivity contribution in [1.29, 1.82) is 5.26 Å². The first-order valence-corrected chi connectivity index (χ1v) is 8.46. The zero-order valence-corrected chi connectivity index (χ0v) is 14.7. The monoisotopic (exact) mass is 359 g/mol. The van der Waals surface area contributed by atoms with Gasteiger partial charge in [-0.2, -0.15) is 5.26 Å². The van der Waals surface area contributed by atoms with Gasteiger partial charge >= 0.3 is 0 Å². The highest BCUT2D eigenvalue weighted by Crippen LogP contribution is 2.44. The Kier molecular flexibility index (Phi) is 3.85. The SMILES string of the molecule is COc1cccc2c1CCc1c-2nc(N)c(C#N)c1-c1ccc(O)c(O)c1. The second-order valence-corrected chi connectivity index (χ2v) is 6.38. The Hall–Kier alpha value is -3.72. The first kappa shape index (κ1) is 16.7. The summed E-state index contributed by atoms with van der Waals surface area (Å²) in [5, 5.41) is 29.2. The average Bonchev–Trinajstić information content (AvgIpc) is 2.68. The maximum Gasteiger partial charge on any atom is 0.158 e. The number of phenols is 2. The number of nitrogen functional groups attached to an aromatic ring is 1. The third-order valence-corrected chi connectivity index (χ3v) is 4.93. The molecule has 3 aromatic rings. The van der Waals surface area contributed by atoms with Gasteiger partial charge in [0.05, 0.1) is 12.8 Å². The quantitative estimate of drug-likeness (QED) is 0.605. The average molecular weight is 359 g/mol. The number of benzene rings is 2. The van der Waals surface area contributed by atoms with Crippen LogP contribution in [0.2, 0.25) is 0 Å². The van der Waals surface area contributed by atoms with E-state index in [1.807, 2.05) is 18.2 Å². The summed E-state index contributed by atoms with van der Waals surface area (Å²) in [5.41, 5.74) is 11.2. The topological polar surface area (TPSA) is 112 Å². The summed E-state index contributed by atoms with van der Waals surface area (Å²) in [5.74, 6) is 0.461. The zero-order chi connectivity index (χ0) is 19.1. The largest absolute Gasteiger partial charge is 0.504 e. The van der Waals surface area contributed by atoms with Crippen molar-refractivity contribution < 1.29 is 14.9 Å². The van der Waals surface area contributed by atoms with E-state index >= 15 is 0 Å². The van der Waals surface area contributed by atoms with Crippen LogP contribution in [0.4, 0.5) is 5.82 Å². The number of hydrogen-bond acceptors (Lipinski definition) is 6. The van der Waals surface area contributed by atoms with Crippen LogP contribution in [0.25, 0.3) is 22.4 Å². The molecule has 4 N–H and O–H groups in total. The number of nitrogens with zero attached hydrogens (tertiary/aromatic N) is 2. The van der Waals surface area contributed by atoms with Crippen LogP contribution in [0.5, 0.6) is 17.2 Å². The molecular weight excluding hydrogens is 342 g/mol. The number of aromatic hydroxyl groups is 2. The van der Waals surface area contributed by atoms with Crippen molar-refractivity contribution in [2.45, 2.75) is 12.8 Å². The molecule has 1 aliphatic carbocycles. The lowest BCUT2D eigenvalue weighted by Gasteiger charge is -2.24. The Morgan fingerprint density at radius 3 is 2.59 bits per heavy atom. The maximum atomic E-state index is 9.93. The van der Waals surface area contributed by atoms with Crippen LogP contribution < -0.4 is 10.5 Å². The van der Waals surface area contributed by atoms with Gasteiger partial charge in [-0.15, -0.1) is 0 Å². The fraction of sp³-hybridized carbons (Fsp3) is 0.143. The molecule has 0 aliphatic heterocycles. The van der Waals surface area contributed by atoms with E-state index in [9.17, 15) is 15.5 Å². The van der Waals surface area contributed by atoms with Crippen LogP contribution in [-0.2, 0) is 12.8 Å². The molecule has 0 unspecified atom stereocenters. The first-order valence-electron chi connectivity index (χ1n) is 8.46. The number of fused-ring (bicyclic) bond motifs is 3. The van der Waals surface area contributed by atoms with Crippen LogP contribution >= 0.6 is 0 Å². The van der Waals surface area contributed by atoms with Gasteiger partial charge in [-0.05, 0) is 42.2 Å². The van der Waals surface area contributed by atoms with Gasteiger partial charge in [0, 0.05) is 16.7 Å². The van der Waals surface area contributed by atoms with E-state index in [1.54, 1.807) is 13.2 Å². The number of pyridine rings is 1. The van der Waals surface area contributed by atoms with Gasteiger partial charge in [0.25, 0.3) is 0 Å². The smallest absolute Gasteiger partial charge is 0.158 e. The number of aromatic nitrogens is 1. The van der Waals surface area contributed by atoms with Gasteiger partial charge < -0.3 is 20.7 Å². The summed E-state index contributed by atoms with van der Waals surface area (Å²) in [4.78, 5) is 4.52. The molecular formula is C21H17N3O3. The summed E-state index contributed by atoms with van der Waals surface area (Å²) < 4.78 is 5.47.